The molecule has 3 nitrogen and oxygen atoms in total. The number of anilines is 1. The van der Waals surface area contributed by atoms with E-state index in [9.17, 15) is 18.0 Å². The van der Waals surface area contributed by atoms with Crippen LogP contribution in [0.5, 0.6) is 0 Å². The molecule has 1 aromatic rings. The summed E-state index contributed by atoms with van der Waals surface area (Å²) in [4.78, 5) is 13.1. The van der Waals surface area contributed by atoms with Crippen molar-refractivity contribution in [2.75, 3.05) is 10.7 Å². The highest BCUT2D eigenvalue weighted by Gasteiger charge is 2.37. The van der Waals surface area contributed by atoms with Gasteiger partial charge in [0.1, 0.15) is 11.1 Å². The SMILES string of the molecule is C=C/C(=C\C=C(/C)F)C1SCC(=O)N1c1c(F)cc(C#N)cc1F. The minimum Gasteiger partial charge on any atom is -0.290 e. The topological polar surface area (TPSA) is 44.1 Å². The van der Waals surface area contributed by atoms with Gasteiger partial charge >= 0.3 is 0 Å². The van der Waals surface area contributed by atoms with Crippen LogP contribution < -0.4 is 4.90 Å². The minimum atomic E-state index is -1.01. The Morgan fingerprint density at radius 1 is 1.42 bits per heavy atom. The third-order valence-corrected chi connectivity index (χ3v) is 4.49. The third-order valence-electron chi connectivity index (χ3n) is 3.28. The fraction of sp³-hybridized carbons (Fsp3) is 0.176. The standard InChI is InChI=1S/C17H13F3N2OS/c1-3-12(5-4-10(2)18)17-22(15(23)9-24-17)16-13(19)6-11(8-21)7-14(16)20/h3-7,17H,1,9H2,2H3/b10-4+,12-5+. The predicted octanol–water partition coefficient (Wildman–Crippen LogP) is 4.23. The molecule has 2 rings (SSSR count). The second-order valence-corrected chi connectivity index (χ2v) is 6.02. The lowest BCUT2D eigenvalue weighted by atomic mass is 10.1. The van der Waals surface area contributed by atoms with Crippen LogP contribution in [0.2, 0.25) is 0 Å². The first kappa shape index (κ1) is 17.9. The number of hydrogen-bond donors (Lipinski definition) is 0. The largest absolute Gasteiger partial charge is 0.290 e. The molecule has 0 N–H and O–H groups in total. The lowest BCUT2D eigenvalue weighted by molar-refractivity contribution is -0.115. The van der Waals surface area contributed by atoms with Gasteiger partial charge in [0.2, 0.25) is 5.91 Å². The molecule has 0 saturated carbocycles. The number of benzene rings is 1. The Bertz CT molecular complexity index is 769. The minimum absolute atomic E-state index is 0.0209. The highest BCUT2D eigenvalue weighted by Crippen LogP contribution is 2.38. The fourth-order valence-electron chi connectivity index (χ4n) is 2.23. The van der Waals surface area contributed by atoms with Gasteiger partial charge in [-0.25, -0.2) is 13.2 Å². The molecule has 124 valence electrons. The van der Waals surface area contributed by atoms with Crippen LogP contribution in [-0.2, 0) is 4.79 Å². The van der Waals surface area contributed by atoms with Crippen LogP contribution in [-0.4, -0.2) is 17.0 Å². The van der Waals surface area contributed by atoms with Crippen LogP contribution in [0, 0.1) is 23.0 Å². The smallest absolute Gasteiger partial charge is 0.238 e. The molecule has 1 aliphatic rings. The van der Waals surface area contributed by atoms with Gasteiger partial charge in [0, 0.05) is 0 Å². The summed E-state index contributed by atoms with van der Waals surface area (Å²) in [6.07, 6.45) is 4.00. The molecule has 0 bridgehead atoms. The first-order chi connectivity index (χ1) is 11.4. The number of thioether (sulfide) groups is 1. The Kier molecular flexibility index (Phi) is 5.52. The van der Waals surface area contributed by atoms with Crippen LogP contribution in [0.3, 0.4) is 0 Å². The molecule has 1 saturated heterocycles. The summed E-state index contributed by atoms with van der Waals surface area (Å²) in [6, 6.07) is 3.39. The number of nitrogens with zero attached hydrogens (tertiary/aromatic N) is 2. The Balaban J connectivity index is 2.53. The fourth-order valence-corrected chi connectivity index (χ4v) is 3.41. The molecule has 7 heteroatoms. The van der Waals surface area contributed by atoms with E-state index in [1.54, 1.807) is 6.07 Å². The quantitative estimate of drug-likeness (QED) is 0.764. The van der Waals surface area contributed by atoms with Crippen LogP contribution in [0.4, 0.5) is 18.9 Å². The second-order valence-electron chi connectivity index (χ2n) is 4.95. The van der Waals surface area contributed by atoms with E-state index in [1.165, 1.54) is 25.2 Å². The number of nitriles is 1. The molecule has 1 heterocycles. The van der Waals surface area contributed by atoms with Crippen molar-refractivity contribution >= 4 is 23.4 Å². The predicted molar refractivity (Wildman–Crippen MR) is 88.0 cm³/mol. The molecule has 1 amide bonds. The Labute approximate surface area is 141 Å². The van der Waals surface area contributed by atoms with Gasteiger partial charge in [-0.15, -0.1) is 11.8 Å². The zero-order chi connectivity index (χ0) is 17.9. The highest BCUT2D eigenvalue weighted by molar-refractivity contribution is 8.01. The van der Waals surface area contributed by atoms with Gasteiger partial charge in [0.25, 0.3) is 0 Å². The molecular weight excluding hydrogens is 337 g/mol. The maximum atomic E-state index is 14.3. The van der Waals surface area contributed by atoms with Gasteiger partial charge in [-0.05, 0) is 30.7 Å². The molecule has 1 unspecified atom stereocenters. The maximum Gasteiger partial charge on any atom is 0.238 e. The van der Waals surface area contributed by atoms with Gasteiger partial charge < -0.3 is 0 Å². The van der Waals surface area contributed by atoms with Crippen molar-refractivity contribution in [3.63, 3.8) is 0 Å². The van der Waals surface area contributed by atoms with E-state index in [-0.39, 0.29) is 11.3 Å². The van der Waals surface area contributed by atoms with Crippen molar-refractivity contribution in [2.45, 2.75) is 12.3 Å². The first-order valence-corrected chi connectivity index (χ1v) is 7.93. The average molecular weight is 350 g/mol. The summed E-state index contributed by atoms with van der Waals surface area (Å²) >= 11 is 1.15. The van der Waals surface area contributed by atoms with E-state index in [0.717, 1.165) is 28.8 Å². The van der Waals surface area contributed by atoms with Crippen molar-refractivity contribution in [1.82, 2.24) is 0 Å². The summed E-state index contributed by atoms with van der Waals surface area (Å²) < 4.78 is 41.5. The van der Waals surface area contributed by atoms with Crippen molar-refractivity contribution in [2.24, 2.45) is 0 Å². The van der Waals surface area contributed by atoms with E-state index >= 15 is 0 Å². The Hall–Kier alpha value is -2.46. The lowest BCUT2D eigenvalue weighted by Crippen LogP contribution is -2.35. The van der Waals surface area contributed by atoms with Gasteiger partial charge in [-0.2, -0.15) is 5.26 Å². The van der Waals surface area contributed by atoms with Crippen LogP contribution in [0.25, 0.3) is 0 Å². The van der Waals surface area contributed by atoms with Crippen LogP contribution >= 0.6 is 11.8 Å². The van der Waals surface area contributed by atoms with Crippen LogP contribution in [0.1, 0.15) is 12.5 Å². The maximum absolute atomic E-state index is 14.3. The highest BCUT2D eigenvalue weighted by atomic mass is 32.2. The Morgan fingerprint density at radius 2 is 2.04 bits per heavy atom. The molecule has 0 radical (unpaired) electrons. The normalized spacial score (nSPS) is 18.7. The van der Waals surface area contributed by atoms with E-state index in [1.807, 2.05) is 0 Å². The number of hydrogen-bond acceptors (Lipinski definition) is 3. The van der Waals surface area contributed by atoms with Gasteiger partial charge in [0.05, 0.1) is 23.2 Å². The van der Waals surface area contributed by atoms with Gasteiger partial charge in [0.15, 0.2) is 11.6 Å². The molecule has 1 aromatic carbocycles. The second kappa shape index (κ2) is 7.41. The zero-order valence-electron chi connectivity index (χ0n) is 12.7. The molecule has 24 heavy (non-hydrogen) atoms. The van der Waals surface area contributed by atoms with E-state index in [4.69, 9.17) is 5.26 Å². The van der Waals surface area contributed by atoms with E-state index in [2.05, 4.69) is 6.58 Å². The number of halogens is 3. The number of rotatable bonds is 4. The molecule has 0 spiro atoms. The number of carbonyl (C=O) groups is 1. The molecule has 1 fully saturated rings. The summed E-state index contributed by atoms with van der Waals surface area (Å²) in [6.45, 7) is 4.86. The van der Waals surface area contributed by atoms with Crippen LogP contribution in [0.15, 0.2) is 48.3 Å². The molecule has 1 aliphatic heterocycles. The zero-order valence-corrected chi connectivity index (χ0v) is 13.5. The average Bonchev–Trinajstić information content (AvgIpc) is 2.89. The van der Waals surface area contributed by atoms with Crippen molar-refractivity contribution in [3.8, 4) is 6.07 Å². The Morgan fingerprint density at radius 3 is 2.54 bits per heavy atom. The van der Waals surface area contributed by atoms with E-state index in [0.29, 0.717) is 5.57 Å². The summed E-state index contributed by atoms with van der Waals surface area (Å²) in [5.74, 6) is -2.93. The monoisotopic (exact) mass is 350 g/mol. The van der Waals surface area contributed by atoms with Crippen molar-refractivity contribution in [3.05, 3.63) is 65.5 Å². The summed E-state index contributed by atoms with van der Waals surface area (Å²) in [5, 5.41) is 8.03. The van der Waals surface area contributed by atoms with Gasteiger partial charge in [-0.3, -0.25) is 9.69 Å². The first-order valence-electron chi connectivity index (χ1n) is 6.88. The van der Waals surface area contributed by atoms with Gasteiger partial charge in [-0.1, -0.05) is 18.7 Å². The number of allylic oxidation sites excluding steroid dienone is 3. The number of carbonyl (C=O) groups excluding carboxylic acids is 1. The molecule has 0 aliphatic carbocycles. The lowest BCUT2D eigenvalue weighted by Gasteiger charge is -2.25. The molecule has 0 aromatic heterocycles. The number of amides is 1. The van der Waals surface area contributed by atoms with Crippen molar-refractivity contribution < 1.29 is 18.0 Å². The summed E-state index contributed by atoms with van der Waals surface area (Å²) in [5.41, 5.74) is -0.270. The van der Waals surface area contributed by atoms with Crippen molar-refractivity contribution in [1.29, 1.82) is 5.26 Å². The molecular formula is C17H13F3N2OS. The third kappa shape index (κ3) is 3.54. The van der Waals surface area contributed by atoms with E-state index < -0.39 is 34.4 Å². The summed E-state index contributed by atoms with van der Waals surface area (Å²) in [7, 11) is 0. The molecule has 1 atom stereocenters.